The Hall–Kier alpha value is -2.10. The van der Waals surface area contributed by atoms with Crippen LogP contribution >= 0.6 is 0 Å². The molecule has 0 bridgehead atoms. The molecule has 1 aromatic carbocycles. The lowest BCUT2D eigenvalue weighted by Crippen LogP contribution is -1.81. The first-order chi connectivity index (χ1) is 6.95. The molecule has 2 heterocycles. The fourth-order valence-corrected chi connectivity index (χ4v) is 1.63. The van der Waals surface area contributed by atoms with Crippen molar-refractivity contribution in [3.8, 4) is 11.4 Å². The van der Waals surface area contributed by atoms with Crippen LogP contribution in [0.3, 0.4) is 0 Å². The van der Waals surface area contributed by atoms with Crippen molar-refractivity contribution >= 4 is 10.9 Å². The van der Waals surface area contributed by atoms with Gasteiger partial charge >= 0.3 is 0 Å². The predicted molar refractivity (Wildman–Crippen MR) is 53.7 cm³/mol. The Bertz CT molecular complexity index is 550. The number of H-pyrrole nitrogens is 2. The molecule has 2 N–H and O–H groups in total. The normalized spacial score (nSPS) is 10.9. The smallest absolute Gasteiger partial charge is 0.156 e. The van der Waals surface area contributed by atoms with Gasteiger partial charge in [-0.3, -0.25) is 5.10 Å². The van der Waals surface area contributed by atoms with E-state index in [1.807, 2.05) is 30.5 Å². The van der Waals surface area contributed by atoms with E-state index in [2.05, 4.69) is 20.2 Å². The van der Waals surface area contributed by atoms with Crippen LogP contribution in [0.15, 0.2) is 36.8 Å². The molecule has 0 atom stereocenters. The molecule has 0 aliphatic carbocycles. The molecule has 4 nitrogen and oxygen atoms in total. The van der Waals surface area contributed by atoms with Crippen LogP contribution < -0.4 is 0 Å². The third-order valence-electron chi connectivity index (χ3n) is 2.27. The van der Waals surface area contributed by atoms with Gasteiger partial charge in [-0.15, -0.1) is 0 Å². The Morgan fingerprint density at radius 3 is 3.00 bits per heavy atom. The van der Waals surface area contributed by atoms with Crippen molar-refractivity contribution in [3.63, 3.8) is 0 Å². The second-order valence-electron chi connectivity index (χ2n) is 3.08. The molecular formula is C10H8N4. The number of aromatic amines is 2. The van der Waals surface area contributed by atoms with E-state index in [0.717, 1.165) is 22.3 Å². The highest BCUT2D eigenvalue weighted by Gasteiger charge is 2.05. The number of rotatable bonds is 1. The van der Waals surface area contributed by atoms with Gasteiger partial charge in [0.25, 0.3) is 0 Å². The lowest BCUT2D eigenvalue weighted by molar-refractivity contribution is 1.10. The summed E-state index contributed by atoms with van der Waals surface area (Å²) < 4.78 is 0. The highest BCUT2D eigenvalue weighted by atomic mass is 15.2. The van der Waals surface area contributed by atoms with E-state index in [1.165, 1.54) is 6.33 Å². The molecular weight excluding hydrogens is 176 g/mol. The van der Waals surface area contributed by atoms with Crippen LogP contribution in [0.25, 0.3) is 22.3 Å². The molecule has 0 aliphatic heterocycles. The topological polar surface area (TPSA) is 57.4 Å². The van der Waals surface area contributed by atoms with Gasteiger partial charge in [0.05, 0.1) is 0 Å². The third kappa shape index (κ3) is 0.939. The van der Waals surface area contributed by atoms with Gasteiger partial charge in [0.1, 0.15) is 6.33 Å². The summed E-state index contributed by atoms with van der Waals surface area (Å²) in [5.41, 5.74) is 2.18. The minimum absolute atomic E-state index is 0.801. The zero-order chi connectivity index (χ0) is 9.38. The maximum absolute atomic E-state index is 4.14. The Balaban J connectivity index is 2.36. The van der Waals surface area contributed by atoms with Crippen LogP contribution in [0.4, 0.5) is 0 Å². The Labute approximate surface area is 80.0 Å². The first-order valence-corrected chi connectivity index (χ1v) is 4.37. The standard InChI is InChI=1S/C10H8N4/c1-2-8(10-12-6-13-14-10)7-4-5-11-9(7)3-1/h1-6,11H,(H,12,13,14). The molecule has 0 radical (unpaired) electrons. The minimum atomic E-state index is 0.801. The largest absolute Gasteiger partial charge is 0.361 e. The SMILES string of the molecule is c1cc(-c2ncn[nH]2)c2cc[nH]c2c1. The van der Waals surface area contributed by atoms with Crippen molar-refractivity contribution in [2.24, 2.45) is 0 Å². The molecule has 3 rings (SSSR count). The van der Waals surface area contributed by atoms with Crippen molar-refractivity contribution in [2.45, 2.75) is 0 Å². The van der Waals surface area contributed by atoms with Gasteiger partial charge in [0, 0.05) is 22.7 Å². The molecule has 2 aromatic heterocycles. The molecule has 14 heavy (non-hydrogen) atoms. The van der Waals surface area contributed by atoms with Gasteiger partial charge < -0.3 is 4.98 Å². The molecule has 0 spiro atoms. The summed E-state index contributed by atoms with van der Waals surface area (Å²) >= 11 is 0. The molecule has 0 unspecified atom stereocenters. The first-order valence-electron chi connectivity index (χ1n) is 4.37. The van der Waals surface area contributed by atoms with E-state index in [-0.39, 0.29) is 0 Å². The number of hydrogen-bond acceptors (Lipinski definition) is 2. The lowest BCUT2D eigenvalue weighted by Gasteiger charge is -1.97. The van der Waals surface area contributed by atoms with Gasteiger partial charge in [-0.2, -0.15) is 5.10 Å². The van der Waals surface area contributed by atoms with Crippen LogP contribution in [-0.2, 0) is 0 Å². The fourth-order valence-electron chi connectivity index (χ4n) is 1.63. The molecule has 0 amide bonds. The van der Waals surface area contributed by atoms with Crippen LogP contribution in [0, 0.1) is 0 Å². The summed E-state index contributed by atoms with van der Waals surface area (Å²) in [7, 11) is 0. The second-order valence-corrected chi connectivity index (χ2v) is 3.08. The zero-order valence-corrected chi connectivity index (χ0v) is 7.36. The van der Waals surface area contributed by atoms with Crippen LogP contribution in [0.2, 0.25) is 0 Å². The molecule has 0 fully saturated rings. The molecule has 4 heteroatoms. The highest BCUT2D eigenvalue weighted by Crippen LogP contribution is 2.24. The molecule has 0 aliphatic rings. The second kappa shape index (κ2) is 2.70. The van der Waals surface area contributed by atoms with Crippen molar-refractivity contribution in [1.82, 2.24) is 20.2 Å². The zero-order valence-electron chi connectivity index (χ0n) is 7.36. The monoisotopic (exact) mass is 184 g/mol. The van der Waals surface area contributed by atoms with Crippen LogP contribution in [-0.4, -0.2) is 20.2 Å². The summed E-state index contributed by atoms with van der Waals surface area (Å²) in [4.78, 5) is 7.30. The summed E-state index contributed by atoms with van der Waals surface area (Å²) in [6.45, 7) is 0. The quantitative estimate of drug-likeness (QED) is 0.607. The van der Waals surface area contributed by atoms with E-state index in [0.29, 0.717) is 0 Å². The average molecular weight is 184 g/mol. The van der Waals surface area contributed by atoms with Crippen molar-refractivity contribution in [2.75, 3.05) is 0 Å². The average Bonchev–Trinajstić information content (AvgIpc) is 2.88. The fraction of sp³-hybridized carbons (Fsp3) is 0. The number of hydrogen-bond donors (Lipinski definition) is 2. The Morgan fingerprint density at radius 1 is 1.14 bits per heavy atom. The summed E-state index contributed by atoms with van der Waals surface area (Å²) in [5, 5.41) is 7.86. The summed E-state index contributed by atoms with van der Waals surface area (Å²) in [5.74, 6) is 0.801. The number of benzene rings is 1. The summed E-state index contributed by atoms with van der Waals surface area (Å²) in [6, 6.07) is 8.09. The van der Waals surface area contributed by atoms with Crippen molar-refractivity contribution in [1.29, 1.82) is 0 Å². The maximum Gasteiger partial charge on any atom is 0.156 e. The number of nitrogens with one attached hydrogen (secondary N) is 2. The highest BCUT2D eigenvalue weighted by molar-refractivity contribution is 5.93. The van der Waals surface area contributed by atoms with E-state index >= 15 is 0 Å². The molecule has 68 valence electrons. The maximum atomic E-state index is 4.14. The van der Waals surface area contributed by atoms with Crippen LogP contribution in [0.5, 0.6) is 0 Å². The predicted octanol–water partition coefficient (Wildman–Crippen LogP) is 1.95. The van der Waals surface area contributed by atoms with E-state index in [1.54, 1.807) is 0 Å². The van der Waals surface area contributed by atoms with Gasteiger partial charge in [-0.05, 0) is 12.1 Å². The van der Waals surface area contributed by atoms with E-state index in [4.69, 9.17) is 0 Å². The van der Waals surface area contributed by atoms with Gasteiger partial charge in [0.15, 0.2) is 5.82 Å². The molecule has 0 saturated heterocycles. The molecule has 3 aromatic rings. The Kier molecular flexibility index (Phi) is 1.41. The minimum Gasteiger partial charge on any atom is -0.361 e. The number of aromatic nitrogens is 4. The number of fused-ring (bicyclic) bond motifs is 1. The summed E-state index contributed by atoms with van der Waals surface area (Å²) in [6.07, 6.45) is 3.44. The van der Waals surface area contributed by atoms with Crippen molar-refractivity contribution in [3.05, 3.63) is 36.8 Å². The first kappa shape index (κ1) is 7.32. The lowest BCUT2D eigenvalue weighted by atomic mass is 10.1. The number of nitrogens with zero attached hydrogens (tertiary/aromatic N) is 2. The van der Waals surface area contributed by atoms with Crippen LogP contribution in [0.1, 0.15) is 0 Å². The van der Waals surface area contributed by atoms with E-state index in [9.17, 15) is 0 Å². The van der Waals surface area contributed by atoms with Crippen molar-refractivity contribution < 1.29 is 0 Å². The van der Waals surface area contributed by atoms with Gasteiger partial charge in [-0.1, -0.05) is 12.1 Å². The Morgan fingerprint density at radius 2 is 2.14 bits per heavy atom. The molecule has 0 saturated carbocycles. The van der Waals surface area contributed by atoms with Gasteiger partial charge in [-0.25, -0.2) is 4.98 Å². The van der Waals surface area contributed by atoms with E-state index < -0.39 is 0 Å². The van der Waals surface area contributed by atoms with Gasteiger partial charge in [0.2, 0.25) is 0 Å². The third-order valence-corrected chi connectivity index (χ3v) is 2.27.